The molecule has 0 bridgehead atoms. The molecule has 440 valence electrons. The first-order chi connectivity index (χ1) is 36.8. The molecule has 1 aliphatic heterocycles. The van der Waals surface area contributed by atoms with E-state index in [0.29, 0.717) is 12.8 Å². The summed E-state index contributed by atoms with van der Waals surface area (Å²) in [7, 11) is 0. The zero-order chi connectivity index (χ0) is 54.3. The second-order valence-electron chi connectivity index (χ2n) is 22.5. The van der Waals surface area contributed by atoms with Crippen molar-refractivity contribution in [3.05, 3.63) is 48.6 Å². The fraction of sp³-hybridized carbons (Fsp3) is 0.864. The first kappa shape index (κ1) is 71.2. The summed E-state index contributed by atoms with van der Waals surface area (Å²) >= 11 is 0. The van der Waals surface area contributed by atoms with E-state index in [2.05, 4.69) is 67.8 Å². The standard InChI is InChI=1S/C66H123NO8/c1-3-5-7-9-11-13-15-17-19-21-23-24-25-26-27-28-29-30-31-32-33-34-35-36-38-40-42-44-46-48-50-52-54-56-62(70)67-59(58-74-66-65(73)64(72)63(71)61(57-68)75-66)60(69)55-53-51-49-47-45-43-41-39-37-22-20-18-16-14-12-10-8-6-4-2/h5,7,11,13,17,19,23-24,59-61,63-66,68-69,71-73H,3-4,6,8-10,12,14-16,18,20-22,25-58H2,1-2H3,(H,67,70)/b7-5-,13-11-,19-17-,24-23-. The van der Waals surface area contributed by atoms with Crippen molar-refractivity contribution in [1.29, 1.82) is 0 Å². The highest BCUT2D eigenvalue weighted by atomic mass is 16.7. The molecule has 9 heteroatoms. The SMILES string of the molecule is CC/C=C\C/C=C\C/C=C\C/C=C\CCCCCCCCCCCCCCCCCCCCCCC(=O)NC(COC1OC(CO)C(O)C(O)C1O)C(O)CCCCCCCCCCCCCCCCCCCCC. The number of rotatable bonds is 56. The highest BCUT2D eigenvalue weighted by molar-refractivity contribution is 5.76. The smallest absolute Gasteiger partial charge is 0.220 e. The molecule has 75 heavy (non-hydrogen) atoms. The van der Waals surface area contributed by atoms with Gasteiger partial charge in [-0.1, -0.05) is 300 Å². The van der Waals surface area contributed by atoms with Crippen molar-refractivity contribution in [3.63, 3.8) is 0 Å². The van der Waals surface area contributed by atoms with Gasteiger partial charge in [0.05, 0.1) is 25.4 Å². The molecule has 0 radical (unpaired) electrons. The molecular formula is C66H123NO8. The van der Waals surface area contributed by atoms with Crippen LogP contribution in [0, 0.1) is 0 Å². The molecule has 0 spiro atoms. The van der Waals surface area contributed by atoms with Crippen LogP contribution >= 0.6 is 0 Å². The first-order valence-electron chi connectivity index (χ1n) is 32.3. The van der Waals surface area contributed by atoms with Gasteiger partial charge in [-0.15, -0.1) is 0 Å². The van der Waals surface area contributed by atoms with Gasteiger partial charge in [-0.2, -0.15) is 0 Å². The van der Waals surface area contributed by atoms with Gasteiger partial charge in [-0.3, -0.25) is 4.79 Å². The highest BCUT2D eigenvalue weighted by Crippen LogP contribution is 2.23. The third-order valence-corrected chi connectivity index (χ3v) is 15.4. The fourth-order valence-electron chi connectivity index (χ4n) is 10.4. The van der Waals surface area contributed by atoms with E-state index in [-0.39, 0.29) is 12.5 Å². The number of nitrogens with one attached hydrogen (secondary N) is 1. The minimum absolute atomic E-state index is 0.135. The van der Waals surface area contributed by atoms with Crippen molar-refractivity contribution in [3.8, 4) is 0 Å². The highest BCUT2D eigenvalue weighted by Gasteiger charge is 2.44. The minimum atomic E-state index is -1.55. The second kappa shape index (κ2) is 55.5. The molecule has 1 rings (SSSR count). The molecule has 0 aliphatic carbocycles. The van der Waals surface area contributed by atoms with Crippen LogP contribution in [0.3, 0.4) is 0 Å². The topological polar surface area (TPSA) is 149 Å². The van der Waals surface area contributed by atoms with Gasteiger partial charge in [0.1, 0.15) is 24.4 Å². The minimum Gasteiger partial charge on any atom is -0.394 e. The largest absolute Gasteiger partial charge is 0.394 e. The number of aliphatic hydroxyl groups is 5. The summed E-state index contributed by atoms with van der Waals surface area (Å²) in [5, 5.41) is 54.8. The van der Waals surface area contributed by atoms with Crippen molar-refractivity contribution in [1.82, 2.24) is 5.32 Å². The normalized spacial score (nSPS) is 19.2. The van der Waals surface area contributed by atoms with Crippen molar-refractivity contribution < 1.29 is 39.8 Å². The van der Waals surface area contributed by atoms with Crippen LogP contribution in [0.1, 0.15) is 309 Å². The molecule has 0 aromatic carbocycles. The lowest BCUT2D eigenvalue weighted by atomic mass is 9.99. The van der Waals surface area contributed by atoms with Gasteiger partial charge < -0.3 is 40.3 Å². The molecule has 1 aliphatic rings. The third kappa shape index (κ3) is 44.7. The van der Waals surface area contributed by atoms with E-state index in [1.165, 1.54) is 218 Å². The molecule has 1 amide bonds. The maximum atomic E-state index is 13.1. The first-order valence-corrected chi connectivity index (χ1v) is 32.3. The quantitative estimate of drug-likeness (QED) is 0.0261. The van der Waals surface area contributed by atoms with E-state index in [1.807, 2.05) is 0 Å². The van der Waals surface area contributed by atoms with Crippen LogP contribution in [-0.2, 0) is 14.3 Å². The molecule has 0 aromatic heterocycles. The summed E-state index contributed by atoms with van der Waals surface area (Å²) in [6.07, 6.45) is 67.3. The number of hydrogen-bond donors (Lipinski definition) is 6. The molecule has 1 saturated heterocycles. The summed E-state index contributed by atoms with van der Waals surface area (Å²) in [6.45, 7) is 3.76. The van der Waals surface area contributed by atoms with E-state index in [9.17, 15) is 30.3 Å². The Morgan fingerprint density at radius 1 is 0.467 bits per heavy atom. The number of hydrogen-bond acceptors (Lipinski definition) is 8. The Balaban J connectivity index is 2.10. The Kier molecular flexibility index (Phi) is 52.6. The lowest BCUT2D eigenvalue weighted by molar-refractivity contribution is -0.302. The summed E-state index contributed by atoms with van der Waals surface area (Å²) in [6, 6.07) is -0.719. The molecule has 9 nitrogen and oxygen atoms in total. The number of unbranched alkanes of at least 4 members (excludes halogenated alkanes) is 38. The van der Waals surface area contributed by atoms with Gasteiger partial charge in [-0.05, 0) is 51.4 Å². The molecule has 6 N–H and O–H groups in total. The van der Waals surface area contributed by atoms with E-state index < -0.39 is 49.5 Å². The van der Waals surface area contributed by atoms with Gasteiger partial charge in [0, 0.05) is 6.42 Å². The maximum absolute atomic E-state index is 13.1. The number of carbonyl (C=O) groups is 1. The molecular weight excluding hydrogens is 935 g/mol. The van der Waals surface area contributed by atoms with Gasteiger partial charge in [0.25, 0.3) is 0 Å². The van der Waals surface area contributed by atoms with Crippen molar-refractivity contribution >= 4 is 5.91 Å². The molecule has 0 saturated carbocycles. The Labute approximate surface area is 463 Å². The lowest BCUT2D eigenvalue weighted by Crippen LogP contribution is -2.60. The van der Waals surface area contributed by atoms with E-state index in [1.54, 1.807) is 0 Å². The van der Waals surface area contributed by atoms with Crippen molar-refractivity contribution in [2.75, 3.05) is 13.2 Å². The third-order valence-electron chi connectivity index (χ3n) is 15.4. The van der Waals surface area contributed by atoms with Crippen LogP contribution in [-0.4, -0.2) is 87.5 Å². The van der Waals surface area contributed by atoms with Crippen LogP contribution in [0.2, 0.25) is 0 Å². The summed E-state index contributed by atoms with van der Waals surface area (Å²) in [5.74, 6) is -0.139. The van der Waals surface area contributed by atoms with E-state index >= 15 is 0 Å². The van der Waals surface area contributed by atoms with Crippen LogP contribution in [0.4, 0.5) is 0 Å². The van der Waals surface area contributed by atoms with Gasteiger partial charge in [-0.25, -0.2) is 0 Å². The predicted octanol–water partition coefficient (Wildman–Crippen LogP) is 16.9. The number of ether oxygens (including phenoxy) is 2. The fourth-order valence-corrected chi connectivity index (χ4v) is 10.4. The average Bonchev–Trinajstić information content (AvgIpc) is 3.41. The molecule has 1 heterocycles. The maximum Gasteiger partial charge on any atom is 0.220 e. The summed E-state index contributed by atoms with van der Waals surface area (Å²) in [5.41, 5.74) is 0. The number of allylic oxidation sites excluding steroid dienone is 8. The zero-order valence-electron chi connectivity index (χ0n) is 49.1. The Bertz CT molecular complexity index is 1320. The van der Waals surface area contributed by atoms with Crippen molar-refractivity contribution in [2.45, 2.75) is 352 Å². The number of aliphatic hydroxyl groups excluding tert-OH is 5. The predicted molar refractivity (Wildman–Crippen MR) is 318 cm³/mol. The van der Waals surface area contributed by atoms with Gasteiger partial charge >= 0.3 is 0 Å². The molecule has 0 aromatic rings. The van der Waals surface area contributed by atoms with Crippen molar-refractivity contribution in [2.24, 2.45) is 0 Å². The van der Waals surface area contributed by atoms with E-state index in [0.717, 1.165) is 64.2 Å². The van der Waals surface area contributed by atoms with E-state index in [4.69, 9.17) is 9.47 Å². The van der Waals surface area contributed by atoms with Crippen LogP contribution in [0.5, 0.6) is 0 Å². The molecule has 1 fully saturated rings. The van der Waals surface area contributed by atoms with Gasteiger partial charge in [0.15, 0.2) is 6.29 Å². The zero-order valence-corrected chi connectivity index (χ0v) is 49.1. The van der Waals surface area contributed by atoms with Gasteiger partial charge in [0.2, 0.25) is 5.91 Å². The number of amides is 1. The Morgan fingerprint density at radius 3 is 1.23 bits per heavy atom. The van der Waals surface area contributed by atoms with Crippen LogP contribution < -0.4 is 5.32 Å². The average molecular weight is 1060 g/mol. The van der Waals surface area contributed by atoms with Crippen LogP contribution in [0.25, 0.3) is 0 Å². The summed E-state index contributed by atoms with van der Waals surface area (Å²) < 4.78 is 11.3. The number of carbonyl (C=O) groups excluding carboxylic acids is 1. The second-order valence-corrected chi connectivity index (χ2v) is 22.5. The summed E-state index contributed by atoms with van der Waals surface area (Å²) in [4.78, 5) is 13.1. The Morgan fingerprint density at radius 2 is 0.827 bits per heavy atom. The molecule has 7 atom stereocenters. The Hall–Kier alpha value is -1.85. The van der Waals surface area contributed by atoms with Crippen LogP contribution in [0.15, 0.2) is 48.6 Å². The lowest BCUT2D eigenvalue weighted by Gasteiger charge is -2.40. The molecule has 7 unspecified atom stereocenters. The monoisotopic (exact) mass is 1060 g/mol.